The molecule has 0 spiro atoms. The fourth-order valence-corrected chi connectivity index (χ4v) is 4.14. The molecule has 0 aromatic carbocycles. The second-order valence-corrected chi connectivity index (χ2v) is 7.72. The number of carbonyl (C=O) groups is 1. The lowest BCUT2D eigenvalue weighted by Gasteiger charge is -2.38. The van der Waals surface area contributed by atoms with Gasteiger partial charge in [0.1, 0.15) is 5.82 Å². The molecule has 29 heavy (non-hydrogen) atoms. The molecule has 1 aromatic heterocycles. The van der Waals surface area contributed by atoms with Crippen LogP contribution < -0.4 is 10.8 Å². The maximum atomic E-state index is 11.0. The Bertz CT molecular complexity index is 654. The third-order valence-corrected chi connectivity index (χ3v) is 5.62. The lowest BCUT2D eigenvalue weighted by Crippen LogP contribution is -2.41. The second-order valence-electron chi connectivity index (χ2n) is 7.72. The van der Waals surface area contributed by atoms with Crippen LogP contribution in [0.2, 0.25) is 0 Å². The molecule has 2 aliphatic rings. The number of likely N-dealkylation sites (tertiary alicyclic amines) is 1. The maximum absolute atomic E-state index is 11.0. The van der Waals surface area contributed by atoms with E-state index in [1.165, 1.54) is 36.9 Å². The van der Waals surface area contributed by atoms with E-state index in [0.717, 1.165) is 38.9 Å². The molecule has 1 aliphatic carbocycles. The first-order valence-electron chi connectivity index (χ1n) is 9.66. The van der Waals surface area contributed by atoms with Gasteiger partial charge in [-0.05, 0) is 25.3 Å². The number of aliphatic hydroxyl groups is 1. The Morgan fingerprint density at radius 1 is 1.24 bits per heavy atom. The number of anilines is 1. The van der Waals surface area contributed by atoms with Gasteiger partial charge >= 0.3 is 0 Å². The Kier molecular flexibility index (Phi) is 10.8. The summed E-state index contributed by atoms with van der Waals surface area (Å²) in [6.45, 7) is 3.24. The molecule has 8 nitrogen and oxygen atoms in total. The molecule has 1 atom stereocenters. The molecule has 0 radical (unpaired) electrons. The number of carbonyl (C=O) groups excluding carboxylic acids is 1. The number of hydrogen-bond acceptors (Lipinski definition) is 7. The van der Waals surface area contributed by atoms with E-state index in [9.17, 15) is 9.90 Å². The molecular weight excluding hydrogens is 417 g/mol. The molecule has 2 fully saturated rings. The van der Waals surface area contributed by atoms with Crippen LogP contribution in [-0.2, 0) is 4.79 Å². The average Bonchev–Trinajstić information content (AvgIpc) is 3.14. The molecule has 0 bridgehead atoms. The van der Waals surface area contributed by atoms with Crippen molar-refractivity contribution in [2.45, 2.75) is 44.6 Å². The lowest BCUT2D eigenvalue weighted by atomic mass is 9.74. The largest absolute Gasteiger partial charge is 0.396 e. The summed E-state index contributed by atoms with van der Waals surface area (Å²) in [5.74, 6) is 0.101. The van der Waals surface area contributed by atoms with E-state index >= 15 is 0 Å². The average molecular weight is 448 g/mol. The smallest absolute Gasteiger partial charge is 0.267 e. The predicted octanol–water partition coefficient (Wildman–Crippen LogP) is 2.27. The van der Waals surface area contributed by atoms with Gasteiger partial charge in [0.05, 0.1) is 18.1 Å². The molecule has 10 heteroatoms. The van der Waals surface area contributed by atoms with Crippen molar-refractivity contribution < 1.29 is 15.1 Å². The zero-order valence-electron chi connectivity index (χ0n) is 16.4. The fourth-order valence-electron chi connectivity index (χ4n) is 4.14. The normalized spacial score (nSPS) is 21.2. The highest BCUT2D eigenvalue weighted by molar-refractivity contribution is 5.90. The van der Waals surface area contributed by atoms with Crippen LogP contribution in [-0.4, -0.2) is 63.4 Å². The summed E-state index contributed by atoms with van der Waals surface area (Å²) in [4.78, 5) is 22.0. The molecule has 2 heterocycles. The van der Waals surface area contributed by atoms with Crippen molar-refractivity contribution in [2.24, 2.45) is 5.41 Å². The Balaban J connectivity index is 0.00000210. The van der Waals surface area contributed by atoms with E-state index in [1.54, 1.807) is 12.4 Å². The quantitative estimate of drug-likeness (QED) is 0.288. The van der Waals surface area contributed by atoms with Gasteiger partial charge in [0, 0.05) is 43.8 Å². The molecule has 3 rings (SSSR count). The van der Waals surface area contributed by atoms with Crippen LogP contribution in [0.3, 0.4) is 0 Å². The number of amides is 1. The van der Waals surface area contributed by atoms with Crippen molar-refractivity contribution in [1.82, 2.24) is 20.3 Å². The number of aromatic nitrogens is 2. The van der Waals surface area contributed by atoms with Crippen molar-refractivity contribution in [2.75, 3.05) is 31.6 Å². The van der Waals surface area contributed by atoms with Crippen LogP contribution >= 0.6 is 24.8 Å². The number of aliphatic hydroxyl groups excluding tert-OH is 1. The van der Waals surface area contributed by atoms with Gasteiger partial charge in [0.15, 0.2) is 0 Å². The number of halogens is 2. The van der Waals surface area contributed by atoms with E-state index in [4.69, 9.17) is 5.21 Å². The van der Waals surface area contributed by atoms with Crippen LogP contribution in [0.4, 0.5) is 5.82 Å². The first-order chi connectivity index (χ1) is 13.1. The van der Waals surface area contributed by atoms with Gasteiger partial charge in [0.25, 0.3) is 5.91 Å². The molecule has 1 amide bonds. The monoisotopic (exact) mass is 447 g/mol. The standard InChI is InChI=1S/C19H29N5O3.2ClH/c25-14-19(7-2-1-3-8-19)13-24-9-6-16(12-24)22-17-11-20-15(10-21-17)4-5-18(26)23-27;;/h4-5,10-11,16,25,27H,1-3,6-9,12-14H2,(H,21,22)(H,23,26);2*1H/t16-;;/m1../s1. The zero-order chi connectivity index (χ0) is 19.1. The van der Waals surface area contributed by atoms with Crippen LogP contribution in [0, 0.1) is 5.41 Å². The van der Waals surface area contributed by atoms with Crippen molar-refractivity contribution in [3.63, 3.8) is 0 Å². The molecule has 4 N–H and O–H groups in total. The van der Waals surface area contributed by atoms with E-state index in [0.29, 0.717) is 17.6 Å². The highest BCUT2D eigenvalue weighted by Gasteiger charge is 2.35. The Morgan fingerprint density at radius 3 is 2.62 bits per heavy atom. The number of nitrogens with zero attached hydrogens (tertiary/aromatic N) is 3. The van der Waals surface area contributed by atoms with Gasteiger partial charge in [-0.15, -0.1) is 24.8 Å². The lowest BCUT2D eigenvalue weighted by molar-refractivity contribution is -0.124. The van der Waals surface area contributed by atoms with Crippen molar-refractivity contribution in [3.8, 4) is 0 Å². The minimum atomic E-state index is -0.608. The number of hydroxylamine groups is 1. The predicted molar refractivity (Wildman–Crippen MR) is 117 cm³/mol. The molecule has 164 valence electrons. The number of nitrogens with one attached hydrogen (secondary N) is 2. The van der Waals surface area contributed by atoms with Crippen LogP contribution in [0.5, 0.6) is 0 Å². The van der Waals surface area contributed by atoms with E-state index in [-0.39, 0.29) is 36.8 Å². The first kappa shape index (κ1) is 25.6. The Hall–Kier alpha value is -1.45. The maximum Gasteiger partial charge on any atom is 0.267 e. The molecule has 1 saturated carbocycles. The Morgan fingerprint density at radius 2 is 2.00 bits per heavy atom. The molecule has 1 saturated heterocycles. The van der Waals surface area contributed by atoms with Crippen LogP contribution in [0.25, 0.3) is 6.08 Å². The number of rotatable bonds is 7. The highest BCUT2D eigenvalue weighted by Crippen LogP contribution is 2.37. The third kappa shape index (κ3) is 7.38. The zero-order valence-corrected chi connectivity index (χ0v) is 18.1. The van der Waals surface area contributed by atoms with Crippen LogP contribution in [0.15, 0.2) is 18.5 Å². The molecule has 0 unspecified atom stereocenters. The van der Waals surface area contributed by atoms with Gasteiger partial charge in [-0.1, -0.05) is 19.3 Å². The van der Waals surface area contributed by atoms with Crippen LogP contribution in [0.1, 0.15) is 44.2 Å². The number of hydrogen-bond donors (Lipinski definition) is 4. The van der Waals surface area contributed by atoms with Gasteiger partial charge in [-0.25, -0.2) is 10.5 Å². The second kappa shape index (κ2) is 12.3. The van der Waals surface area contributed by atoms with Crippen molar-refractivity contribution in [1.29, 1.82) is 0 Å². The Labute approximate surface area is 184 Å². The first-order valence-corrected chi connectivity index (χ1v) is 9.66. The highest BCUT2D eigenvalue weighted by atomic mass is 35.5. The van der Waals surface area contributed by atoms with Gasteiger partial charge in [-0.3, -0.25) is 15.0 Å². The SMILES string of the molecule is Cl.Cl.O=C(C=Cc1cnc(N[C@@H]2CCN(CC3(CO)CCCCC3)C2)cn1)NO. The van der Waals surface area contributed by atoms with Crippen molar-refractivity contribution in [3.05, 3.63) is 24.2 Å². The fraction of sp³-hybridized carbons (Fsp3) is 0.632. The summed E-state index contributed by atoms with van der Waals surface area (Å²) < 4.78 is 0. The summed E-state index contributed by atoms with van der Waals surface area (Å²) in [5.41, 5.74) is 2.15. The van der Waals surface area contributed by atoms with Gasteiger partial charge in [-0.2, -0.15) is 0 Å². The van der Waals surface area contributed by atoms with Gasteiger partial charge < -0.3 is 15.3 Å². The van der Waals surface area contributed by atoms with E-state index in [1.807, 2.05) is 0 Å². The van der Waals surface area contributed by atoms with Gasteiger partial charge in [0.2, 0.25) is 0 Å². The van der Waals surface area contributed by atoms with E-state index in [2.05, 4.69) is 20.2 Å². The summed E-state index contributed by atoms with van der Waals surface area (Å²) in [7, 11) is 0. The summed E-state index contributed by atoms with van der Waals surface area (Å²) in [6.07, 6.45) is 13.0. The molecular formula is C19H31Cl2N5O3. The van der Waals surface area contributed by atoms with E-state index < -0.39 is 5.91 Å². The summed E-state index contributed by atoms with van der Waals surface area (Å²) in [5, 5.41) is 21.8. The summed E-state index contributed by atoms with van der Waals surface area (Å²) in [6, 6.07) is 0.320. The summed E-state index contributed by atoms with van der Waals surface area (Å²) >= 11 is 0. The van der Waals surface area contributed by atoms with Crippen molar-refractivity contribution >= 4 is 42.6 Å². The minimum absolute atomic E-state index is 0. The molecule has 1 aliphatic heterocycles. The minimum Gasteiger partial charge on any atom is -0.396 e. The molecule has 1 aromatic rings. The topological polar surface area (TPSA) is 111 Å². The third-order valence-electron chi connectivity index (χ3n) is 5.62.